The zero-order chi connectivity index (χ0) is 11.9. The van der Waals surface area contributed by atoms with Gasteiger partial charge in [0.25, 0.3) is 0 Å². The van der Waals surface area contributed by atoms with Crippen molar-refractivity contribution in [2.45, 2.75) is 32.2 Å². The topological polar surface area (TPSA) is 41.5 Å². The smallest absolute Gasteiger partial charge is 0.122 e. The number of unbranched alkanes of at least 4 members (excludes halogenated alkanes) is 1. The zero-order valence-electron chi connectivity index (χ0n) is 10.2. The van der Waals surface area contributed by atoms with Crippen LogP contribution in [0.3, 0.4) is 0 Å². The van der Waals surface area contributed by atoms with E-state index in [1.54, 1.807) is 0 Å². The monoisotopic (exact) mass is 235 g/mol. The molecule has 17 heavy (non-hydrogen) atoms. The van der Waals surface area contributed by atoms with Gasteiger partial charge in [0.15, 0.2) is 0 Å². The number of aliphatic hydroxyl groups is 1. The van der Waals surface area contributed by atoms with Gasteiger partial charge in [-0.1, -0.05) is 12.1 Å². The Morgan fingerprint density at radius 3 is 3.12 bits per heavy atom. The zero-order valence-corrected chi connectivity index (χ0v) is 10.2. The van der Waals surface area contributed by atoms with Gasteiger partial charge < -0.3 is 15.2 Å². The van der Waals surface area contributed by atoms with Crippen LogP contribution in [-0.2, 0) is 13.0 Å². The van der Waals surface area contributed by atoms with E-state index in [0.29, 0.717) is 0 Å². The van der Waals surface area contributed by atoms with Crippen molar-refractivity contribution in [3.8, 4) is 5.75 Å². The summed E-state index contributed by atoms with van der Waals surface area (Å²) in [5, 5.41) is 12.1. The highest BCUT2D eigenvalue weighted by molar-refractivity contribution is 5.38. The van der Waals surface area contributed by atoms with Crippen molar-refractivity contribution in [3.05, 3.63) is 29.3 Å². The number of nitrogens with one attached hydrogen (secondary N) is 1. The van der Waals surface area contributed by atoms with Gasteiger partial charge in [-0.15, -0.1) is 0 Å². The Morgan fingerprint density at radius 2 is 2.24 bits per heavy atom. The molecular formula is C14H21NO2. The van der Waals surface area contributed by atoms with E-state index in [0.717, 1.165) is 51.1 Å². The largest absolute Gasteiger partial charge is 0.493 e. The number of hydrogen-bond donors (Lipinski definition) is 2. The van der Waals surface area contributed by atoms with Crippen LogP contribution < -0.4 is 10.1 Å². The van der Waals surface area contributed by atoms with Gasteiger partial charge in [0, 0.05) is 13.2 Å². The first kappa shape index (κ1) is 12.4. The maximum Gasteiger partial charge on any atom is 0.122 e. The Morgan fingerprint density at radius 1 is 1.29 bits per heavy atom. The number of aliphatic hydroxyl groups excluding tert-OH is 1. The number of ether oxygens (including phenoxy) is 1. The summed E-state index contributed by atoms with van der Waals surface area (Å²) in [5.41, 5.74) is 2.66. The summed E-state index contributed by atoms with van der Waals surface area (Å²) < 4.78 is 5.59. The molecule has 2 rings (SSSR count). The second-order valence-electron chi connectivity index (χ2n) is 4.50. The molecular weight excluding hydrogens is 214 g/mol. The van der Waals surface area contributed by atoms with E-state index in [-0.39, 0.29) is 6.61 Å². The quantitative estimate of drug-likeness (QED) is 0.740. The minimum atomic E-state index is 0.290. The molecule has 0 radical (unpaired) electrons. The lowest BCUT2D eigenvalue weighted by atomic mass is 10.0. The standard InChI is InChI=1S/C14H21NO2/c16-8-2-1-7-15-11-12-5-6-14-13(10-12)4-3-9-17-14/h5-6,10,15-16H,1-4,7-9,11H2. The molecule has 1 aliphatic rings. The van der Waals surface area contributed by atoms with Gasteiger partial charge in [-0.3, -0.25) is 0 Å². The third kappa shape index (κ3) is 3.72. The van der Waals surface area contributed by atoms with E-state index in [1.807, 2.05) is 0 Å². The highest BCUT2D eigenvalue weighted by atomic mass is 16.5. The van der Waals surface area contributed by atoms with Crippen LogP contribution in [0, 0.1) is 0 Å². The Balaban J connectivity index is 1.81. The number of rotatable bonds is 6. The predicted molar refractivity (Wildman–Crippen MR) is 68.3 cm³/mol. The molecule has 3 heteroatoms. The first-order valence-electron chi connectivity index (χ1n) is 6.46. The Hall–Kier alpha value is -1.06. The number of aryl methyl sites for hydroxylation is 1. The number of fused-ring (bicyclic) bond motifs is 1. The van der Waals surface area contributed by atoms with Gasteiger partial charge in [-0.2, -0.15) is 0 Å². The molecule has 0 saturated carbocycles. The highest BCUT2D eigenvalue weighted by Crippen LogP contribution is 2.25. The molecule has 1 aliphatic heterocycles. The number of benzene rings is 1. The Bertz CT molecular complexity index is 352. The van der Waals surface area contributed by atoms with Gasteiger partial charge in [0.2, 0.25) is 0 Å². The summed E-state index contributed by atoms with van der Waals surface area (Å²) in [6.07, 6.45) is 4.17. The predicted octanol–water partition coefficient (Wildman–Crippen LogP) is 1.87. The molecule has 0 atom stereocenters. The van der Waals surface area contributed by atoms with Gasteiger partial charge in [0.05, 0.1) is 6.61 Å². The molecule has 1 aromatic rings. The lowest BCUT2D eigenvalue weighted by Gasteiger charge is -2.18. The van der Waals surface area contributed by atoms with Crippen molar-refractivity contribution >= 4 is 0 Å². The Labute approximate surface area is 103 Å². The van der Waals surface area contributed by atoms with Crippen LogP contribution in [0.15, 0.2) is 18.2 Å². The fourth-order valence-electron chi connectivity index (χ4n) is 2.12. The van der Waals surface area contributed by atoms with Crippen molar-refractivity contribution in [2.24, 2.45) is 0 Å². The molecule has 0 fully saturated rings. The van der Waals surface area contributed by atoms with Crippen molar-refractivity contribution in [2.75, 3.05) is 19.8 Å². The van der Waals surface area contributed by atoms with E-state index in [1.165, 1.54) is 11.1 Å². The lowest BCUT2D eigenvalue weighted by molar-refractivity contribution is 0.283. The van der Waals surface area contributed by atoms with Crippen molar-refractivity contribution in [1.29, 1.82) is 0 Å². The van der Waals surface area contributed by atoms with Gasteiger partial charge in [0.1, 0.15) is 5.75 Å². The van der Waals surface area contributed by atoms with E-state index in [9.17, 15) is 0 Å². The molecule has 1 heterocycles. The molecule has 3 nitrogen and oxygen atoms in total. The van der Waals surface area contributed by atoms with E-state index < -0.39 is 0 Å². The fraction of sp³-hybridized carbons (Fsp3) is 0.571. The minimum Gasteiger partial charge on any atom is -0.493 e. The summed E-state index contributed by atoms with van der Waals surface area (Å²) in [7, 11) is 0. The van der Waals surface area contributed by atoms with Gasteiger partial charge in [-0.05, 0) is 49.4 Å². The molecule has 0 aromatic heterocycles. The molecule has 0 bridgehead atoms. The summed E-state index contributed by atoms with van der Waals surface area (Å²) in [6.45, 7) is 3.01. The van der Waals surface area contributed by atoms with Crippen molar-refractivity contribution < 1.29 is 9.84 Å². The second kappa shape index (κ2) is 6.62. The number of hydrogen-bond acceptors (Lipinski definition) is 3. The average molecular weight is 235 g/mol. The third-order valence-electron chi connectivity index (χ3n) is 3.06. The first-order valence-corrected chi connectivity index (χ1v) is 6.46. The minimum absolute atomic E-state index is 0.290. The first-order chi connectivity index (χ1) is 8.40. The molecule has 0 unspecified atom stereocenters. The van der Waals surface area contributed by atoms with Crippen LogP contribution in [-0.4, -0.2) is 24.9 Å². The summed E-state index contributed by atoms with van der Waals surface area (Å²) in [5.74, 6) is 1.06. The molecule has 0 amide bonds. The molecule has 1 aromatic carbocycles. The molecule has 2 N–H and O–H groups in total. The molecule has 94 valence electrons. The van der Waals surface area contributed by atoms with Crippen LogP contribution >= 0.6 is 0 Å². The molecule has 0 spiro atoms. The lowest BCUT2D eigenvalue weighted by Crippen LogP contribution is -2.16. The maximum atomic E-state index is 8.67. The molecule has 0 aliphatic carbocycles. The summed E-state index contributed by atoms with van der Waals surface area (Å²) in [6, 6.07) is 6.45. The fourth-order valence-corrected chi connectivity index (χ4v) is 2.12. The van der Waals surface area contributed by atoms with Crippen LogP contribution in [0.2, 0.25) is 0 Å². The normalized spacial score (nSPS) is 14.2. The van der Waals surface area contributed by atoms with Crippen molar-refractivity contribution in [3.63, 3.8) is 0 Å². The van der Waals surface area contributed by atoms with Gasteiger partial charge >= 0.3 is 0 Å². The SMILES string of the molecule is OCCCCNCc1ccc2c(c1)CCCO2. The highest BCUT2D eigenvalue weighted by Gasteiger charge is 2.09. The molecule has 0 saturated heterocycles. The third-order valence-corrected chi connectivity index (χ3v) is 3.06. The van der Waals surface area contributed by atoms with E-state index in [4.69, 9.17) is 9.84 Å². The summed E-state index contributed by atoms with van der Waals surface area (Å²) >= 11 is 0. The average Bonchev–Trinajstić information content (AvgIpc) is 2.38. The van der Waals surface area contributed by atoms with Crippen LogP contribution in [0.25, 0.3) is 0 Å². The summed E-state index contributed by atoms with van der Waals surface area (Å²) in [4.78, 5) is 0. The maximum absolute atomic E-state index is 8.67. The van der Waals surface area contributed by atoms with Crippen molar-refractivity contribution in [1.82, 2.24) is 5.32 Å². The van der Waals surface area contributed by atoms with Gasteiger partial charge in [-0.25, -0.2) is 0 Å². The van der Waals surface area contributed by atoms with Crippen LogP contribution in [0.1, 0.15) is 30.4 Å². The van der Waals surface area contributed by atoms with E-state index in [2.05, 4.69) is 23.5 Å². The second-order valence-corrected chi connectivity index (χ2v) is 4.50. The van der Waals surface area contributed by atoms with Crippen LogP contribution in [0.5, 0.6) is 5.75 Å². The Kier molecular flexibility index (Phi) is 4.83. The van der Waals surface area contributed by atoms with Crippen LogP contribution in [0.4, 0.5) is 0 Å². The van der Waals surface area contributed by atoms with E-state index >= 15 is 0 Å².